The van der Waals surface area contributed by atoms with Gasteiger partial charge in [0.15, 0.2) is 0 Å². The quantitative estimate of drug-likeness (QED) is 0.789. The van der Waals surface area contributed by atoms with E-state index in [4.69, 9.17) is 0 Å². The van der Waals surface area contributed by atoms with E-state index in [-0.39, 0.29) is 0 Å². The Kier molecular flexibility index (Phi) is 3.82. The molecule has 0 aromatic carbocycles. The zero-order valence-corrected chi connectivity index (χ0v) is 11.2. The van der Waals surface area contributed by atoms with E-state index in [0.717, 1.165) is 25.5 Å². The molecule has 2 rings (SSSR count). The highest BCUT2D eigenvalue weighted by Gasteiger charge is 2.39. The summed E-state index contributed by atoms with van der Waals surface area (Å²) in [5.41, 5.74) is 0.600. The third-order valence-corrected chi connectivity index (χ3v) is 3.72. The fourth-order valence-electron chi connectivity index (χ4n) is 2.19. The van der Waals surface area contributed by atoms with Crippen LogP contribution in [0.5, 0.6) is 0 Å². The van der Waals surface area contributed by atoms with E-state index in [1.165, 1.54) is 19.3 Å². The van der Waals surface area contributed by atoms with Crippen molar-refractivity contribution >= 4 is 0 Å². The van der Waals surface area contributed by atoms with Crippen molar-refractivity contribution in [1.82, 2.24) is 20.1 Å². The summed E-state index contributed by atoms with van der Waals surface area (Å²) in [5, 5.41) is 7.80. The van der Waals surface area contributed by atoms with Crippen LogP contribution in [0.4, 0.5) is 0 Å². The maximum absolute atomic E-state index is 4.32. The highest BCUT2D eigenvalue weighted by molar-refractivity contribution is 4.94. The van der Waals surface area contributed by atoms with Crippen molar-refractivity contribution in [3.63, 3.8) is 0 Å². The maximum Gasteiger partial charge on any atom is 0.140 e. The summed E-state index contributed by atoms with van der Waals surface area (Å²) in [6, 6.07) is 0. The molecule has 96 valence electrons. The Morgan fingerprint density at radius 1 is 1.47 bits per heavy atom. The van der Waals surface area contributed by atoms with Gasteiger partial charge in [-0.3, -0.25) is 0 Å². The van der Waals surface area contributed by atoms with Gasteiger partial charge in [0.1, 0.15) is 12.2 Å². The molecule has 0 radical (unpaired) electrons. The molecule has 1 saturated carbocycles. The smallest absolute Gasteiger partial charge is 0.140 e. The van der Waals surface area contributed by atoms with Gasteiger partial charge in [-0.25, -0.2) is 9.67 Å². The second-order valence-electron chi connectivity index (χ2n) is 5.71. The molecule has 1 fully saturated rings. The first-order valence-corrected chi connectivity index (χ1v) is 6.72. The van der Waals surface area contributed by atoms with Gasteiger partial charge >= 0.3 is 0 Å². The van der Waals surface area contributed by atoms with E-state index < -0.39 is 0 Å². The van der Waals surface area contributed by atoms with Crippen molar-refractivity contribution in [1.29, 1.82) is 0 Å². The largest absolute Gasteiger partial charge is 0.309 e. The number of nitrogens with one attached hydrogen (secondary N) is 1. The van der Waals surface area contributed by atoms with E-state index >= 15 is 0 Å². The Morgan fingerprint density at radius 3 is 2.82 bits per heavy atom. The van der Waals surface area contributed by atoms with E-state index in [1.54, 1.807) is 6.33 Å². The summed E-state index contributed by atoms with van der Waals surface area (Å²) < 4.78 is 2.02. The van der Waals surface area contributed by atoms with Crippen molar-refractivity contribution in [3.8, 4) is 0 Å². The van der Waals surface area contributed by atoms with Crippen LogP contribution in [0.2, 0.25) is 0 Å². The Labute approximate surface area is 104 Å². The fraction of sp³-hybridized carbons (Fsp3) is 0.846. The molecule has 0 aliphatic heterocycles. The Bertz CT molecular complexity index is 352. The van der Waals surface area contributed by atoms with E-state index in [2.05, 4.69) is 36.2 Å². The molecule has 0 bridgehead atoms. The summed E-state index contributed by atoms with van der Waals surface area (Å²) in [7, 11) is 0. The van der Waals surface area contributed by atoms with Crippen LogP contribution in [0.15, 0.2) is 6.33 Å². The lowest BCUT2D eigenvalue weighted by molar-refractivity contribution is 0.420. The van der Waals surface area contributed by atoms with Gasteiger partial charge < -0.3 is 5.32 Å². The highest BCUT2D eigenvalue weighted by Crippen LogP contribution is 2.47. The topological polar surface area (TPSA) is 42.7 Å². The lowest BCUT2D eigenvalue weighted by Gasteiger charge is -2.14. The second kappa shape index (κ2) is 5.17. The van der Waals surface area contributed by atoms with Crippen LogP contribution >= 0.6 is 0 Å². The summed E-state index contributed by atoms with van der Waals surface area (Å²) in [6.07, 6.45) is 5.72. The number of hydrogen-bond acceptors (Lipinski definition) is 3. The molecule has 1 heterocycles. The van der Waals surface area contributed by atoms with E-state index in [9.17, 15) is 0 Å². The highest BCUT2D eigenvalue weighted by atomic mass is 15.3. The number of hydrogen-bond donors (Lipinski definition) is 1. The molecular weight excluding hydrogens is 212 g/mol. The van der Waals surface area contributed by atoms with Gasteiger partial charge in [0, 0.05) is 13.1 Å². The Hall–Kier alpha value is -0.900. The molecule has 1 aromatic heterocycles. The summed E-state index contributed by atoms with van der Waals surface area (Å²) >= 11 is 0. The lowest BCUT2D eigenvalue weighted by Crippen LogP contribution is -2.25. The molecule has 0 spiro atoms. The SMILES string of the molecule is CCC1(CNCc2ncnn2CC(C)C)CC1. The molecule has 4 heteroatoms. The van der Waals surface area contributed by atoms with Gasteiger partial charge in [-0.1, -0.05) is 20.8 Å². The van der Waals surface area contributed by atoms with Crippen molar-refractivity contribution in [2.45, 2.75) is 53.1 Å². The first-order valence-electron chi connectivity index (χ1n) is 6.72. The molecule has 1 N–H and O–H groups in total. The Morgan fingerprint density at radius 2 is 2.24 bits per heavy atom. The number of rotatable bonds is 7. The van der Waals surface area contributed by atoms with Crippen molar-refractivity contribution in [2.24, 2.45) is 11.3 Å². The molecule has 0 amide bonds. The second-order valence-corrected chi connectivity index (χ2v) is 5.71. The predicted octanol–water partition coefficient (Wildman–Crippen LogP) is 2.21. The van der Waals surface area contributed by atoms with Gasteiger partial charge in [0.25, 0.3) is 0 Å². The van der Waals surface area contributed by atoms with Crippen LogP contribution in [-0.2, 0) is 13.1 Å². The van der Waals surface area contributed by atoms with Crippen LogP contribution in [-0.4, -0.2) is 21.3 Å². The zero-order valence-electron chi connectivity index (χ0n) is 11.2. The van der Waals surface area contributed by atoms with Gasteiger partial charge in [-0.05, 0) is 30.6 Å². The fourth-order valence-corrected chi connectivity index (χ4v) is 2.19. The minimum Gasteiger partial charge on any atom is -0.309 e. The molecule has 0 unspecified atom stereocenters. The third kappa shape index (κ3) is 3.28. The number of aromatic nitrogens is 3. The normalized spacial score (nSPS) is 17.6. The third-order valence-electron chi connectivity index (χ3n) is 3.72. The van der Waals surface area contributed by atoms with Crippen LogP contribution < -0.4 is 5.32 Å². The van der Waals surface area contributed by atoms with E-state index in [0.29, 0.717) is 11.3 Å². The molecule has 1 aliphatic carbocycles. The molecular formula is C13H24N4. The average Bonchev–Trinajstić information content (AvgIpc) is 2.94. The first-order chi connectivity index (χ1) is 8.15. The molecule has 4 nitrogen and oxygen atoms in total. The Balaban J connectivity index is 1.80. The lowest BCUT2D eigenvalue weighted by atomic mass is 10.0. The van der Waals surface area contributed by atoms with Crippen molar-refractivity contribution < 1.29 is 0 Å². The summed E-state index contributed by atoms with van der Waals surface area (Å²) in [6.45, 7) is 9.61. The maximum atomic E-state index is 4.32. The predicted molar refractivity (Wildman–Crippen MR) is 68.5 cm³/mol. The molecule has 17 heavy (non-hydrogen) atoms. The van der Waals surface area contributed by atoms with Gasteiger partial charge in [-0.15, -0.1) is 0 Å². The van der Waals surface area contributed by atoms with E-state index in [1.807, 2.05) is 4.68 Å². The average molecular weight is 236 g/mol. The minimum atomic E-state index is 0.600. The van der Waals surface area contributed by atoms with Gasteiger partial charge in [0.05, 0.1) is 6.54 Å². The van der Waals surface area contributed by atoms with Crippen LogP contribution in [0.1, 0.15) is 45.9 Å². The minimum absolute atomic E-state index is 0.600. The molecule has 1 aromatic rings. The van der Waals surface area contributed by atoms with Crippen LogP contribution in [0.3, 0.4) is 0 Å². The molecule has 0 saturated heterocycles. The molecule has 0 atom stereocenters. The van der Waals surface area contributed by atoms with Gasteiger partial charge in [-0.2, -0.15) is 5.10 Å². The van der Waals surface area contributed by atoms with Crippen LogP contribution in [0.25, 0.3) is 0 Å². The van der Waals surface area contributed by atoms with Gasteiger partial charge in [0.2, 0.25) is 0 Å². The zero-order chi connectivity index (χ0) is 12.3. The standard InChI is InChI=1S/C13H24N4/c1-4-13(5-6-13)9-14-7-12-15-10-16-17(12)8-11(2)3/h10-11,14H,4-9H2,1-3H3. The number of nitrogens with zero attached hydrogens (tertiary/aromatic N) is 3. The molecule has 1 aliphatic rings. The monoisotopic (exact) mass is 236 g/mol. The summed E-state index contributed by atoms with van der Waals surface area (Å²) in [5.74, 6) is 1.67. The van der Waals surface area contributed by atoms with Crippen molar-refractivity contribution in [2.75, 3.05) is 6.54 Å². The van der Waals surface area contributed by atoms with Crippen LogP contribution in [0, 0.1) is 11.3 Å². The first kappa shape index (κ1) is 12.6. The summed E-state index contributed by atoms with van der Waals surface area (Å²) in [4.78, 5) is 4.32. The van der Waals surface area contributed by atoms with Crippen molar-refractivity contribution in [3.05, 3.63) is 12.2 Å².